The molecule has 2 aliphatic rings. The predicted molar refractivity (Wildman–Crippen MR) is 161 cm³/mol. The van der Waals surface area contributed by atoms with Crippen molar-refractivity contribution in [2.45, 2.75) is 52.0 Å². The topological polar surface area (TPSA) is 47.9 Å². The molecular formula is C31H42N4OS. The molecule has 0 spiro atoms. The molecule has 5 nitrogen and oxygen atoms in total. The Kier molecular flexibility index (Phi) is 8.10. The summed E-state index contributed by atoms with van der Waals surface area (Å²) in [5, 5.41) is 3.24. The first-order valence-corrected chi connectivity index (χ1v) is 15.2. The normalized spacial score (nSPS) is 18.5. The average Bonchev–Trinajstić information content (AvgIpc) is 3.10. The number of hydrogen-bond donors (Lipinski definition) is 1. The van der Waals surface area contributed by atoms with E-state index in [1.807, 2.05) is 29.3 Å². The fraction of sp³-hybridized carbons (Fsp3) is 0.452. The second-order valence-corrected chi connectivity index (χ2v) is 13.8. The number of nitrogens with one attached hydrogen (secondary N) is 1. The van der Waals surface area contributed by atoms with Crippen LogP contribution in [-0.2, 0) is 10.2 Å². The van der Waals surface area contributed by atoms with E-state index in [0.717, 1.165) is 19.5 Å². The van der Waals surface area contributed by atoms with Crippen LogP contribution in [-0.4, -0.2) is 70.8 Å². The number of carbonyl (C=O) groups excluding carboxylic acids is 1. The molecule has 2 aliphatic heterocycles. The van der Waals surface area contributed by atoms with Crippen LogP contribution in [0.3, 0.4) is 0 Å². The standard InChI is InChI=1S/C31H42N4OS/c1-30(2,3)26-15-11-14-24(20-26)29(37(6)7)34-18-19-35(31(4,5)22-34)28(36)27-32-17-16-25(21-33-27)23-12-9-8-10-13-23/h8-15,20-21H,16-19,22H2,1-7H3,(H,32,33). The van der Waals surface area contributed by atoms with Gasteiger partial charge in [0.15, 0.2) is 5.84 Å². The number of amides is 1. The van der Waals surface area contributed by atoms with Crippen LogP contribution >= 0.6 is 10.5 Å². The molecule has 0 unspecified atom stereocenters. The van der Waals surface area contributed by atoms with Crippen LogP contribution in [0.25, 0.3) is 5.57 Å². The van der Waals surface area contributed by atoms with Gasteiger partial charge in [-0.05, 0) is 66.5 Å². The molecular weight excluding hydrogens is 476 g/mol. The molecule has 2 aromatic carbocycles. The molecule has 4 rings (SSSR count). The monoisotopic (exact) mass is 518 g/mol. The Bertz CT molecular complexity index is 1230. The lowest BCUT2D eigenvalue weighted by Crippen LogP contribution is -2.64. The van der Waals surface area contributed by atoms with Crippen molar-refractivity contribution in [1.29, 1.82) is 0 Å². The van der Waals surface area contributed by atoms with Crippen LogP contribution in [0.5, 0.6) is 0 Å². The van der Waals surface area contributed by atoms with Crippen molar-refractivity contribution < 1.29 is 4.79 Å². The first-order chi connectivity index (χ1) is 17.5. The molecule has 198 valence electrons. The zero-order valence-electron chi connectivity index (χ0n) is 23.5. The summed E-state index contributed by atoms with van der Waals surface area (Å²) in [7, 11) is 0.0743. The van der Waals surface area contributed by atoms with Crippen molar-refractivity contribution in [2.24, 2.45) is 4.99 Å². The largest absolute Gasteiger partial charge is 0.342 e. The summed E-state index contributed by atoms with van der Waals surface area (Å²) in [4.78, 5) is 24.2. The quantitative estimate of drug-likeness (QED) is 0.558. The van der Waals surface area contributed by atoms with Gasteiger partial charge in [-0.3, -0.25) is 14.7 Å². The van der Waals surface area contributed by atoms with E-state index >= 15 is 0 Å². The zero-order chi connectivity index (χ0) is 26.8. The highest BCUT2D eigenvalue weighted by Gasteiger charge is 2.39. The van der Waals surface area contributed by atoms with Gasteiger partial charge in [-0.1, -0.05) is 69.3 Å². The van der Waals surface area contributed by atoms with Gasteiger partial charge in [-0.15, -0.1) is 0 Å². The van der Waals surface area contributed by atoms with Crippen LogP contribution in [0.15, 0.2) is 65.8 Å². The lowest BCUT2D eigenvalue weighted by atomic mass is 9.86. The predicted octanol–water partition coefficient (Wildman–Crippen LogP) is 5.35. The lowest BCUT2D eigenvalue weighted by molar-refractivity contribution is -0.132. The maximum atomic E-state index is 13.7. The molecule has 0 bridgehead atoms. The minimum absolute atomic E-state index is 0.0153. The van der Waals surface area contributed by atoms with E-state index in [1.54, 1.807) is 0 Å². The number of benzene rings is 2. The van der Waals surface area contributed by atoms with E-state index in [1.165, 1.54) is 27.3 Å². The number of carbonyl (C=O) groups is 1. The maximum absolute atomic E-state index is 13.7. The van der Waals surface area contributed by atoms with Crippen molar-refractivity contribution in [2.75, 3.05) is 38.7 Å². The summed E-state index contributed by atoms with van der Waals surface area (Å²) >= 11 is 0. The molecule has 1 amide bonds. The lowest BCUT2D eigenvalue weighted by Gasteiger charge is -2.48. The summed E-state index contributed by atoms with van der Waals surface area (Å²) in [6.45, 7) is 14.0. The molecule has 6 heteroatoms. The molecule has 0 radical (unpaired) electrons. The fourth-order valence-corrected chi connectivity index (χ4v) is 6.47. The molecule has 2 heterocycles. The summed E-state index contributed by atoms with van der Waals surface area (Å²) < 4.78 is 0. The van der Waals surface area contributed by atoms with Gasteiger partial charge in [0, 0.05) is 37.4 Å². The van der Waals surface area contributed by atoms with Gasteiger partial charge in [0.25, 0.3) is 5.91 Å². The Morgan fingerprint density at radius 1 is 1.03 bits per heavy atom. The molecule has 37 heavy (non-hydrogen) atoms. The second-order valence-electron chi connectivity index (χ2n) is 11.8. The number of amidine groups is 1. The summed E-state index contributed by atoms with van der Waals surface area (Å²) in [6, 6.07) is 19.3. The van der Waals surface area contributed by atoms with Gasteiger partial charge < -0.3 is 10.2 Å². The van der Waals surface area contributed by atoms with Crippen molar-refractivity contribution >= 4 is 32.8 Å². The van der Waals surface area contributed by atoms with E-state index in [2.05, 4.69) is 98.7 Å². The molecule has 0 aliphatic carbocycles. The Morgan fingerprint density at radius 3 is 2.41 bits per heavy atom. The number of rotatable bonds is 3. The molecule has 1 fully saturated rings. The third kappa shape index (κ3) is 6.24. The molecule has 2 aromatic rings. The SMILES string of the molecule is CS(C)=C(c1cccc(C(C)(C)C)c1)N1CCN(C(=O)C2=NCCC(c3ccccc3)=CN2)C(C)(C)C1. The number of piperazine rings is 1. The van der Waals surface area contributed by atoms with Gasteiger partial charge >= 0.3 is 0 Å². The van der Waals surface area contributed by atoms with E-state index < -0.39 is 0 Å². The number of nitrogens with zero attached hydrogens (tertiary/aromatic N) is 3. The van der Waals surface area contributed by atoms with Crippen LogP contribution < -0.4 is 5.32 Å². The zero-order valence-corrected chi connectivity index (χ0v) is 24.3. The van der Waals surface area contributed by atoms with Crippen molar-refractivity contribution in [3.05, 3.63) is 77.5 Å². The molecule has 0 saturated carbocycles. The van der Waals surface area contributed by atoms with Crippen LogP contribution in [0.2, 0.25) is 0 Å². The third-order valence-corrected chi connectivity index (χ3v) is 8.45. The van der Waals surface area contributed by atoms with E-state index in [0.29, 0.717) is 18.9 Å². The smallest absolute Gasteiger partial charge is 0.289 e. The van der Waals surface area contributed by atoms with Gasteiger partial charge in [0.05, 0.1) is 5.54 Å². The van der Waals surface area contributed by atoms with Crippen LogP contribution in [0.1, 0.15) is 57.7 Å². The molecule has 0 atom stereocenters. The summed E-state index contributed by atoms with van der Waals surface area (Å²) in [6.07, 6.45) is 7.36. The van der Waals surface area contributed by atoms with Crippen molar-refractivity contribution in [3.63, 3.8) is 0 Å². The first-order valence-electron chi connectivity index (χ1n) is 13.2. The Hall–Kier alpha value is -2.70. The van der Waals surface area contributed by atoms with Crippen molar-refractivity contribution in [1.82, 2.24) is 15.1 Å². The van der Waals surface area contributed by atoms with Crippen LogP contribution in [0.4, 0.5) is 0 Å². The maximum Gasteiger partial charge on any atom is 0.289 e. The molecule has 1 saturated heterocycles. The average molecular weight is 519 g/mol. The van der Waals surface area contributed by atoms with E-state index in [9.17, 15) is 4.79 Å². The fourth-order valence-electron chi connectivity index (χ4n) is 5.20. The second kappa shape index (κ2) is 11.0. The highest BCUT2D eigenvalue weighted by atomic mass is 32.2. The van der Waals surface area contributed by atoms with Gasteiger partial charge in [-0.2, -0.15) is 10.5 Å². The highest BCUT2D eigenvalue weighted by molar-refractivity contribution is 8.15. The Labute approximate surface area is 225 Å². The number of hydrogen-bond acceptors (Lipinski definition) is 3. The number of aliphatic imine (C=N–C) groups is 1. The summed E-state index contributed by atoms with van der Waals surface area (Å²) in [5.74, 6) is 0.429. The summed E-state index contributed by atoms with van der Waals surface area (Å²) in [5.41, 5.74) is 4.76. The van der Waals surface area contributed by atoms with Gasteiger partial charge in [0.2, 0.25) is 0 Å². The molecule has 0 aromatic heterocycles. The van der Waals surface area contributed by atoms with E-state index in [-0.39, 0.29) is 27.3 Å². The minimum Gasteiger partial charge on any atom is -0.342 e. The third-order valence-electron chi connectivity index (χ3n) is 7.18. The Morgan fingerprint density at radius 2 is 1.76 bits per heavy atom. The molecule has 1 N–H and O–H groups in total. The first kappa shape index (κ1) is 27.3. The Balaban J connectivity index is 1.52. The van der Waals surface area contributed by atoms with Crippen LogP contribution in [0, 0.1) is 0 Å². The van der Waals surface area contributed by atoms with Crippen molar-refractivity contribution in [3.8, 4) is 0 Å². The highest BCUT2D eigenvalue weighted by Crippen LogP contribution is 2.29. The van der Waals surface area contributed by atoms with Gasteiger partial charge in [0.1, 0.15) is 0 Å². The van der Waals surface area contributed by atoms with E-state index in [4.69, 9.17) is 0 Å². The minimum atomic E-state index is -0.329. The van der Waals surface area contributed by atoms with Gasteiger partial charge in [-0.25, -0.2) is 0 Å².